The van der Waals surface area contributed by atoms with Crippen LogP contribution in [-0.2, 0) is 9.47 Å². The lowest BCUT2D eigenvalue weighted by atomic mass is 9.51. The first-order chi connectivity index (χ1) is 12.3. The fraction of sp³-hybridized carbons (Fsp3) is 0.750. The van der Waals surface area contributed by atoms with Gasteiger partial charge in [0.2, 0.25) is 0 Å². The Morgan fingerprint density at radius 3 is 2.73 bits per heavy atom. The second-order valence-electron chi connectivity index (χ2n) is 10.2. The summed E-state index contributed by atoms with van der Waals surface area (Å²) in [5.41, 5.74) is 3.58. The summed E-state index contributed by atoms with van der Waals surface area (Å²) in [6, 6.07) is 0. The second-order valence-corrected chi connectivity index (χ2v) is 10.2. The third-order valence-corrected chi connectivity index (χ3v) is 8.73. The molecule has 0 unspecified atom stereocenters. The topological polar surface area (TPSA) is 18.5 Å². The molecule has 2 nitrogen and oxygen atoms in total. The third-order valence-electron chi connectivity index (χ3n) is 8.73. The summed E-state index contributed by atoms with van der Waals surface area (Å²) in [5.74, 6) is 0.916. The van der Waals surface area contributed by atoms with Gasteiger partial charge in [-0.1, -0.05) is 49.3 Å². The van der Waals surface area contributed by atoms with E-state index in [0.29, 0.717) is 11.8 Å². The third kappa shape index (κ3) is 1.91. The van der Waals surface area contributed by atoms with Crippen LogP contribution in [0.3, 0.4) is 0 Å². The molecule has 1 aliphatic heterocycles. The Morgan fingerprint density at radius 1 is 1.15 bits per heavy atom. The van der Waals surface area contributed by atoms with Crippen molar-refractivity contribution in [3.63, 3.8) is 0 Å². The van der Waals surface area contributed by atoms with E-state index in [-0.39, 0.29) is 22.5 Å². The maximum absolute atomic E-state index is 6.72. The van der Waals surface area contributed by atoms with Crippen LogP contribution in [0.1, 0.15) is 73.1 Å². The molecule has 5 rings (SSSR count). The van der Waals surface area contributed by atoms with Crippen LogP contribution >= 0.6 is 0 Å². The molecule has 0 aromatic carbocycles. The maximum Gasteiger partial charge on any atom is 0.164 e. The molecule has 0 radical (unpaired) electrons. The van der Waals surface area contributed by atoms with Crippen molar-refractivity contribution in [3.05, 3.63) is 35.5 Å². The van der Waals surface area contributed by atoms with E-state index in [1.807, 2.05) is 0 Å². The predicted octanol–water partition coefficient (Wildman–Crippen LogP) is 5.95. The molecular weight excluding hydrogens is 320 g/mol. The van der Waals surface area contributed by atoms with Crippen LogP contribution in [0.5, 0.6) is 0 Å². The number of ether oxygens (including phenoxy) is 2. The fourth-order valence-electron chi connectivity index (χ4n) is 7.56. The Morgan fingerprint density at radius 2 is 1.96 bits per heavy atom. The molecule has 1 saturated heterocycles. The van der Waals surface area contributed by atoms with Gasteiger partial charge in [-0.15, -0.1) is 0 Å². The monoisotopic (exact) mass is 354 g/mol. The normalized spacial score (nSPS) is 51.0. The zero-order valence-electron chi connectivity index (χ0n) is 17.1. The highest BCUT2D eigenvalue weighted by Crippen LogP contribution is 2.69. The summed E-state index contributed by atoms with van der Waals surface area (Å²) < 4.78 is 13.2. The van der Waals surface area contributed by atoms with Gasteiger partial charge < -0.3 is 9.47 Å². The second kappa shape index (κ2) is 5.14. The predicted molar refractivity (Wildman–Crippen MR) is 105 cm³/mol. The average Bonchev–Trinajstić information content (AvgIpc) is 3.00. The summed E-state index contributed by atoms with van der Waals surface area (Å²) >= 11 is 0. The molecule has 0 amide bonds. The van der Waals surface area contributed by atoms with Crippen molar-refractivity contribution < 1.29 is 9.47 Å². The number of hydrogen-bond acceptors (Lipinski definition) is 2. The smallest absolute Gasteiger partial charge is 0.164 e. The zero-order chi connectivity index (χ0) is 18.4. The molecule has 0 aromatic heterocycles. The van der Waals surface area contributed by atoms with Crippen LogP contribution in [0.2, 0.25) is 0 Å². The molecule has 0 N–H and O–H groups in total. The van der Waals surface area contributed by atoms with E-state index in [9.17, 15) is 0 Å². The van der Waals surface area contributed by atoms with Crippen molar-refractivity contribution in [3.8, 4) is 0 Å². The summed E-state index contributed by atoms with van der Waals surface area (Å²) in [7, 11) is 0. The zero-order valence-corrected chi connectivity index (χ0v) is 17.1. The average molecular weight is 355 g/mol. The standard InChI is InChI=1S/C24H34O2/c1-6-24-20(25-21(2,3)26-24)15-19-17-11-10-16-9-7-8-13-22(16,4)18(17)12-14-23(19,24)5/h8-9,12-13,17,19-20H,6-7,10-11,14-15H2,1-5H3/t17-,19+,20-,22+,23+,24-/m1/s1. The lowest BCUT2D eigenvalue weighted by Crippen LogP contribution is -2.53. The van der Waals surface area contributed by atoms with Crippen LogP contribution in [0.15, 0.2) is 35.5 Å². The van der Waals surface area contributed by atoms with Crippen molar-refractivity contribution in [1.29, 1.82) is 0 Å². The highest BCUT2D eigenvalue weighted by Gasteiger charge is 2.70. The van der Waals surface area contributed by atoms with Gasteiger partial charge in [-0.25, -0.2) is 0 Å². The maximum atomic E-state index is 6.72. The van der Waals surface area contributed by atoms with Crippen molar-refractivity contribution >= 4 is 0 Å². The highest BCUT2D eigenvalue weighted by atomic mass is 16.8. The summed E-state index contributed by atoms with van der Waals surface area (Å²) in [6.45, 7) is 11.4. The Balaban J connectivity index is 1.58. The molecular formula is C24H34O2. The molecule has 0 bridgehead atoms. The van der Waals surface area contributed by atoms with Gasteiger partial charge in [0.05, 0.1) is 6.10 Å². The first kappa shape index (κ1) is 17.3. The first-order valence-corrected chi connectivity index (χ1v) is 10.7. The van der Waals surface area contributed by atoms with Gasteiger partial charge in [-0.05, 0) is 71.1 Å². The van der Waals surface area contributed by atoms with Crippen molar-refractivity contribution in [2.75, 3.05) is 0 Å². The Kier molecular flexibility index (Phi) is 3.41. The summed E-state index contributed by atoms with van der Waals surface area (Å²) in [5, 5.41) is 0. The van der Waals surface area contributed by atoms with Crippen LogP contribution in [0.4, 0.5) is 0 Å². The van der Waals surface area contributed by atoms with Crippen molar-refractivity contribution in [2.24, 2.45) is 22.7 Å². The van der Waals surface area contributed by atoms with Gasteiger partial charge in [0.15, 0.2) is 5.79 Å². The summed E-state index contributed by atoms with van der Waals surface area (Å²) in [6.07, 6.45) is 17.2. The first-order valence-electron chi connectivity index (χ1n) is 10.7. The van der Waals surface area contributed by atoms with E-state index < -0.39 is 5.79 Å². The van der Waals surface area contributed by atoms with Crippen LogP contribution in [0, 0.1) is 22.7 Å². The van der Waals surface area contributed by atoms with E-state index in [0.717, 1.165) is 25.7 Å². The molecule has 1 heterocycles. The van der Waals surface area contributed by atoms with Gasteiger partial charge >= 0.3 is 0 Å². The molecule has 5 aliphatic rings. The molecule has 2 saturated carbocycles. The van der Waals surface area contributed by atoms with Crippen LogP contribution < -0.4 is 0 Å². The lowest BCUT2D eigenvalue weighted by molar-refractivity contribution is -0.204. The van der Waals surface area contributed by atoms with Crippen LogP contribution in [0.25, 0.3) is 0 Å². The Hall–Kier alpha value is -0.860. The minimum atomic E-state index is -0.445. The number of hydrogen-bond donors (Lipinski definition) is 0. The Labute approximate surface area is 158 Å². The van der Waals surface area contributed by atoms with E-state index in [4.69, 9.17) is 9.47 Å². The number of rotatable bonds is 1. The van der Waals surface area contributed by atoms with Crippen molar-refractivity contribution in [2.45, 2.75) is 90.6 Å². The van der Waals surface area contributed by atoms with Crippen LogP contribution in [-0.4, -0.2) is 17.5 Å². The van der Waals surface area contributed by atoms with E-state index >= 15 is 0 Å². The lowest BCUT2D eigenvalue weighted by Gasteiger charge is -2.54. The molecule has 3 fully saturated rings. The quantitative estimate of drug-likeness (QED) is 0.542. The van der Waals surface area contributed by atoms with E-state index in [1.165, 1.54) is 12.8 Å². The van der Waals surface area contributed by atoms with E-state index in [1.54, 1.807) is 11.1 Å². The molecule has 2 heteroatoms. The summed E-state index contributed by atoms with van der Waals surface area (Å²) in [4.78, 5) is 0. The molecule has 6 atom stereocenters. The highest BCUT2D eigenvalue weighted by molar-refractivity contribution is 5.44. The van der Waals surface area contributed by atoms with Gasteiger partial charge in [0, 0.05) is 10.8 Å². The van der Waals surface area contributed by atoms with Gasteiger partial charge in [-0.3, -0.25) is 0 Å². The molecule has 26 heavy (non-hydrogen) atoms. The van der Waals surface area contributed by atoms with E-state index in [2.05, 4.69) is 58.9 Å². The molecule has 142 valence electrons. The Bertz CT molecular complexity index is 728. The fourth-order valence-corrected chi connectivity index (χ4v) is 7.56. The van der Waals surface area contributed by atoms with Gasteiger partial charge in [0.25, 0.3) is 0 Å². The number of allylic oxidation sites excluding steroid dienone is 6. The largest absolute Gasteiger partial charge is 0.344 e. The minimum absolute atomic E-state index is 0.122. The minimum Gasteiger partial charge on any atom is -0.344 e. The van der Waals surface area contributed by atoms with Gasteiger partial charge in [-0.2, -0.15) is 0 Å². The van der Waals surface area contributed by atoms with Gasteiger partial charge in [0.1, 0.15) is 5.60 Å². The number of fused-ring (bicyclic) bond motifs is 7. The SMILES string of the molecule is CC[C@@]12OC(C)(C)O[C@@H]1C[C@H]1[C@@H]3CCC4=CCC=C[C@]4(C)C3=CC[C@@]12C. The van der Waals surface area contributed by atoms with Crippen molar-refractivity contribution in [1.82, 2.24) is 0 Å². The molecule has 0 aromatic rings. The molecule has 4 aliphatic carbocycles. The molecule has 0 spiro atoms.